The fourth-order valence-electron chi connectivity index (χ4n) is 6.40. The minimum atomic E-state index is -2.74. The molecule has 0 radical (unpaired) electrons. The van der Waals surface area contributed by atoms with Gasteiger partial charge in [-0.1, -0.05) is 29.8 Å². The quantitative estimate of drug-likeness (QED) is 0.233. The summed E-state index contributed by atoms with van der Waals surface area (Å²) in [5.41, 5.74) is 1.36. The Labute approximate surface area is 263 Å². The Morgan fingerprint density at radius 3 is 2.56 bits per heavy atom. The third-order valence-corrected chi connectivity index (χ3v) is 9.17. The van der Waals surface area contributed by atoms with Crippen molar-refractivity contribution in [3.05, 3.63) is 88.3 Å². The molecule has 2 heterocycles. The number of benzene rings is 2. The van der Waals surface area contributed by atoms with E-state index in [4.69, 9.17) is 11.6 Å². The van der Waals surface area contributed by atoms with Crippen LogP contribution in [-0.4, -0.2) is 34.5 Å². The molecule has 11 heteroatoms. The van der Waals surface area contributed by atoms with E-state index in [2.05, 4.69) is 4.98 Å². The van der Waals surface area contributed by atoms with E-state index in [1.54, 1.807) is 30.3 Å². The molecule has 6 rings (SSSR count). The Bertz CT molecular complexity index is 1700. The zero-order chi connectivity index (χ0) is 31.9. The van der Waals surface area contributed by atoms with E-state index in [-0.39, 0.29) is 78.4 Å². The van der Waals surface area contributed by atoms with E-state index in [0.29, 0.717) is 11.1 Å². The third kappa shape index (κ3) is 6.45. The predicted octanol–water partition coefficient (Wildman–Crippen LogP) is 7.29. The van der Waals surface area contributed by atoms with Crippen LogP contribution >= 0.6 is 11.6 Å². The van der Waals surface area contributed by atoms with Gasteiger partial charge in [0, 0.05) is 48.2 Å². The second kappa shape index (κ2) is 12.3. The van der Waals surface area contributed by atoms with Crippen molar-refractivity contribution in [3.8, 4) is 6.07 Å². The summed E-state index contributed by atoms with van der Waals surface area (Å²) in [5, 5.41) is 9.63. The number of Topliss-reactive ketones (excluding diaryl/α,β-unsaturated/α-hetero) is 1. The van der Waals surface area contributed by atoms with E-state index in [1.165, 1.54) is 40.3 Å². The minimum absolute atomic E-state index is 0.0137. The number of alkyl halides is 2. The maximum atomic E-state index is 15.2. The lowest BCUT2D eigenvalue weighted by molar-refractivity contribution is -0.129. The van der Waals surface area contributed by atoms with Crippen LogP contribution in [0.3, 0.4) is 0 Å². The number of pyridine rings is 1. The van der Waals surface area contributed by atoms with E-state index >= 15 is 4.39 Å². The summed E-state index contributed by atoms with van der Waals surface area (Å²) < 4.78 is 42.4. The van der Waals surface area contributed by atoms with Gasteiger partial charge in [-0.05, 0) is 79.5 Å². The summed E-state index contributed by atoms with van der Waals surface area (Å²) in [4.78, 5) is 48.8. The average Bonchev–Trinajstić information content (AvgIpc) is 3.78. The molecule has 232 valence electrons. The summed E-state index contributed by atoms with van der Waals surface area (Å²) >= 11 is 6.63. The standard InChI is InChI=1S/C34H30ClF3N4O3/c35-27-4-2-1-3-26(27)32(29(43)9-5-21-17-34(37,38)18-21)41(25-15-23(22-6-7-22)14-24(36)16-25)33(45)28-8-10-31(44)42(28)30-13-20(19-39)11-12-40-30/h1-4,11-16,21-22,28,32H,5-10,17-18H2/t28?,32-/m0/s1. The normalized spacial score (nSPS) is 19.9. The van der Waals surface area contributed by atoms with E-state index in [0.717, 1.165) is 12.8 Å². The molecule has 7 nitrogen and oxygen atoms in total. The van der Waals surface area contributed by atoms with Crippen LogP contribution in [0.5, 0.6) is 0 Å². The maximum absolute atomic E-state index is 15.2. The number of amides is 2. The molecule has 2 saturated carbocycles. The summed E-state index contributed by atoms with van der Waals surface area (Å²) in [6.45, 7) is 0. The number of nitriles is 1. The first kappa shape index (κ1) is 30.8. The fraction of sp³-hybridized carbons (Fsp3) is 0.382. The molecular formula is C34H30ClF3N4O3. The number of halogens is 4. The number of aromatic nitrogens is 1. The molecule has 3 fully saturated rings. The van der Waals surface area contributed by atoms with Crippen molar-refractivity contribution >= 4 is 40.7 Å². The molecule has 0 bridgehead atoms. The van der Waals surface area contributed by atoms with Crippen molar-refractivity contribution in [3.63, 3.8) is 0 Å². The topological polar surface area (TPSA) is 94.4 Å². The largest absolute Gasteiger partial charge is 0.297 e. The molecule has 1 aliphatic heterocycles. The van der Waals surface area contributed by atoms with Crippen LogP contribution < -0.4 is 9.80 Å². The summed E-state index contributed by atoms with van der Waals surface area (Å²) in [6, 6.07) is 13.3. The summed E-state index contributed by atoms with van der Waals surface area (Å²) in [5.74, 6) is -4.91. The zero-order valence-electron chi connectivity index (χ0n) is 24.3. The van der Waals surface area contributed by atoms with Crippen molar-refractivity contribution in [2.24, 2.45) is 5.92 Å². The smallest absolute Gasteiger partial charge is 0.251 e. The lowest BCUT2D eigenvalue weighted by Crippen LogP contribution is -2.50. The number of hydrogen-bond acceptors (Lipinski definition) is 5. The lowest BCUT2D eigenvalue weighted by Gasteiger charge is -2.37. The molecule has 3 aliphatic rings. The molecule has 1 saturated heterocycles. The van der Waals surface area contributed by atoms with Gasteiger partial charge in [-0.2, -0.15) is 5.26 Å². The van der Waals surface area contributed by atoms with Gasteiger partial charge in [-0.15, -0.1) is 0 Å². The SMILES string of the molecule is N#Cc1ccnc(N2C(=O)CCC2C(=O)N(c2cc(F)cc(C3CC3)c2)[C@H](C(=O)CCC2CC(F)(F)C2)c2ccccc2Cl)c1. The van der Waals surface area contributed by atoms with Crippen LogP contribution in [0.25, 0.3) is 0 Å². The number of nitrogens with zero attached hydrogens (tertiary/aromatic N) is 4. The minimum Gasteiger partial charge on any atom is -0.297 e. The van der Waals surface area contributed by atoms with Gasteiger partial charge < -0.3 is 0 Å². The number of rotatable bonds is 10. The van der Waals surface area contributed by atoms with Crippen molar-refractivity contribution in [1.82, 2.24) is 4.98 Å². The molecule has 1 unspecified atom stereocenters. The Balaban J connectivity index is 1.44. The molecule has 2 atom stereocenters. The van der Waals surface area contributed by atoms with Gasteiger partial charge in [0.2, 0.25) is 11.8 Å². The Morgan fingerprint density at radius 2 is 1.87 bits per heavy atom. The highest BCUT2D eigenvalue weighted by Gasteiger charge is 2.47. The predicted molar refractivity (Wildman–Crippen MR) is 161 cm³/mol. The van der Waals surface area contributed by atoms with Gasteiger partial charge in [0.1, 0.15) is 23.7 Å². The van der Waals surface area contributed by atoms with Gasteiger partial charge >= 0.3 is 0 Å². The molecule has 0 N–H and O–H groups in total. The average molecular weight is 635 g/mol. The van der Waals surface area contributed by atoms with Crippen molar-refractivity contribution < 1.29 is 27.6 Å². The summed E-state index contributed by atoms with van der Waals surface area (Å²) in [6.07, 6.45) is 2.69. The zero-order valence-corrected chi connectivity index (χ0v) is 25.0. The first-order valence-corrected chi connectivity index (χ1v) is 15.4. The molecule has 2 aromatic carbocycles. The van der Waals surface area contributed by atoms with Gasteiger partial charge in [-0.25, -0.2) is 18.2 Å². The van der Waals surface area contributed by atoms with Gasteiger partial charge in [0.05, 0.1) is 11.6 Å². The van der Waals surface area contributed by atoms with Crippen LogP contribution in [0, 0.1) is 23.1 Å². The fourth-order valence-corrected chi connectivity index (χ4v) is 6.64. The van der Waals surface area contributed by atoms with Crippen molar-refractivity contribution in [2.45, 2.75) is 75.3 Å². The Hall–Kier alpha value is -4.23. The van der Waals surface area contributed by atoms with E-state index in [9.17, 15) is 28.4 Å². The second-order valence-corrected chi connectivity index (χ2v) is 12.5. The van der Waals surface area contributed by atoms with Gasteiger partial charge in [0.15, 0.2) is 5.78 Å². The monoisotopic (exact) mass is 634 g/mol. The third-order valence-electron chi connectivity index (χ3n) is 8.82. The molecule has 2 amide bonds. The van der Waals surface area contributed by atoms with Crippen LogP contribution in [0.1, 0.15) is 80.0 Å². The lowest BCUT2D eigenvalue weighted by atomic mass is 9.77. The molecule has 2 aliphatic carbocycles. The highest BCUT2D eigenvalue weighted by atomic mass is 35.5. The van der Waals surface area contributed by atoms with Gasteiger partial charge in [0.25, 0.3) is 5.91 Å². The van der Waals surface area contributed by atoms with E-state index < -0.39 is 35.5 Å². The maximum Gasteiger partial charge on any atom is 0.251 e. The molecule has 45 heavy (non-hydrogen) atoms. The van der Waals surface area contributed by atoms with Crippen LogP contribution in [0.2, 0.25) is 5.02 Å². The van der Waals surface area contributed by atoms with Crippen LogP contribution in [0.4, 0.5) is 24.7 Å². The second-order valence-electron chi connectivity index (χ2n) is 12.1. The van der Waals surface area contributed by atoms with Crippen LogP contribution in [0.15, 0.2) is 60.8 Å². The van der Waals surface area contributed by atoms with Crippen LogP contribution in [-0.2, 0) is 14.4 Å². The number of hydrogen-bond donors (Lipinski definition) is 0. The summed E-state index contributed by atoms with van der Waals surface area (Å²) in [7, 11) is 0. The number of anilines is 2. The Kier molecular flexibility index (Phi) is 8.40. The number of ketones is 1. The first-order valence-electron chi connectivity index (χ1n) is 15.0. The number of carbonyl (C=O) groups is 3. The van der Waals surface area contributed by atoms with E-state index in [1.807, 2.05) is 6.07 Å². The molecule has 0 spiro atoms. The Morgan fingerprint density at radius 1 is 1.11 bits per heavy atom. The van der Waals surface area contributed by atoms with Crippen molar-refractivity contribution in [2.75, 3.05) is 9.80 Å². The first-order chi connectivity index (χ1) is 21.5. The molecular weight excluding hydrogens is 605 g/mol. The highest BCUT2D eigenvalue weighted by Crippen LogP contribution is 2.46. The highest BCUT2D eigenvalue weighted by molar-refractivity contribution is 6.31. The molecule has 1 aromatic heterocycles. The number of carbonyl (C=O) groups excluding carboxylic acids is 3. The van der Waals surface area contributed by atoms with Crippen molar-refractivity contribution in [1.29, 1.82) is 5.26 Å². The molecule has 3 aromatic rings. The van der Waals surface area contributed by atoms with Gasteiger partial charge in [-0.3, -0.25) is 24.2 Å².